The predicted molar refractivity (Wildman–Crippen MR) is 45.1 cm³/mol. The molecular formula is C6H12ClNO6. The summed E-state index contributed by atoms with van der Waals surface area (Å²) in [6.45, 7) is -0.870. The molecule has 0 aromatic carbocycles. The van der Waals surface area contributed by atoms with Crippen molar-refractivity contribution in [1.29, 1.82) is 0 Å². The number of hydrogen-bond donors (Lipinski definition) is 6. The van der Waals surface area contributed by atoms with E-state index in [0.29, 0.717) is 0 Å². The van der Waals surface area contributed by atoms with Gasteiger partial charge in [0.25, 0.3) is 5.24 Å². The third kappa shape index (κ3) is 2.85. The van der Waals surface area contributed by atoms with Crippen molar-refractivity contribution in [3.8, 4) is 0 Å². The van der Waals surface area contributed by atoms with Crippen LogP contribution in [-0.2, 0) is 4.79 Å². The summed E-state index contributed by atoms with van der Waals surface area (Å²) in [4.78, 5) is 10.5. The minimum atomic E-state index is -2.88. The first-order valence-electron chi connectivity index (χ1n) is 3.61. The Labute approximate surface area is 84.3 Å². The van der Waals surface area contributed by atoms with Gasteiger partial charge >= 0.3 is 0 Å². The van der Waals surface area contributed by atoms with Crippen LogP contribution in [0.2, 0.25) is 0 Å². The molecule has 0 saturated carbocycles. The van der Waals surface area contributed by atoms with Crippen LogP contribution in [-0.4, -0.2) is 61.4 Å². The molecule has 0 saturated heterocycles. The van der Waals surface area contributed by atoms with Gasteiger partial charge in [-0.3, -0.25) is 10.5 Å². The monoisotopic (exact) mass is 229 g/mol. The van der Waals surface area contributed by atoms with Gasteiger partial charge in [-0.15, -0.1) is 0 Å². The first kappa shape index (κ1) is 13.7. The zero-order valence-corrected chi connectivity index (χ0v) is 7.79. The predicted octanol–water partition coefficient (Wildman–Crippen LogP) is -3.53. The number of carbonyl (C=O) groups excluding carboxylic acids is 1. The molecule has 0 heterocycles. The molecule has 4 unspecified atom stereocenters. The van der Waals surface area contributed by atoms with E-state index in [0.717, 1.165) is 0 Å². The fourth-order valence-corrected chi connectivity index (χ4v) is 0.807. The minimum Gasteiger partial charge on any atom is -0.394 e. The molecule has 0 aliphatic heterocycles. The van der Waals surface area contributed by atoms with E-state index in [2.05, 4.69) is 0 Å². The van der Waals surface area contributed by atoms with Gasteiger partial charge in [-0.2, -0.15) is 0 Å². The van der Waals surface area contributed by atoms with Gasteiger partial charge in [0.1, 0.15) is 18.3 Å². The van der Waals surface area contributed by atoms with Crippen molar-refractivity contribution in [3.63, 3.8) is 0 Å². The number of carbonyl (C=O) groups is 1. The average molecular weight is 230 g/mol. The molecule has 0 aromatic rings. The molecule has 0 radical (unpaired) electrons. The Bertz CT molecular complexity index is 210. The highest BCUT2D eigenvalue weighted by atomic mass is 35.5. The molecular weight excluding hydrogens is 218 g/mol. The van der Waals surface area contributed by atoms with Crippen LogP contribution in [0.4, 0.5) is 0 Å². The van der Waals surface area contributed by atoms with Gasteiger partial charge in [0.2, 0.25) is 5.72 Å². The lowest BCUT2D eigenvalue weighted by Crippen LogP contribution is -2.62. The fourth-order valence-electron chi connectivity index (χ4n) is 0.695. The number of hydrogen-bond acceptors (Lipinski definition) is 7. The summed E-state index contributed by atoms with van der Waals surface area (Å²) in [5, 5.41) is 43.0. The Morgan fingerprint density at radius 2 is 1.86 bits per heavy atom. The van der Waals surface area contributed by atoms with Gasteiger partial charge in [-0.1, -0.05) is 0 Å². The van der Waals surface area contributed by atoms with E-state index in [-0.39, 0.29) is 0 Å². The number of halogens is 1. The molecule has 7 nitrogen and oxygen atoms in total. The smallest absolute Gasteiger partial charge is 0.271 e. The van der Waals surface area contributed by atoms with Gasteiger partial charge in [0, 0.05) is 0 Å². The van der Waals surface area contributed by atoms with Gasteiger partial charge in [-0.05, 0) is 11.6 Å². The quantitative estimate of drug-likeness (QED) is 0.212. The van der Waals surface area contributed by atoms with Crippen molar-refractivity contribution < 1.29 is 30.3 Å². The topological polar surface area (TPSA) is 144 Å². The minimum absolute atomic E-state index is 0.870. The van der Waals surface area contributed by atoms with Crippen LogP contribution in [0.25, 0.3) is 0 Å². The maximum Gasteiger partial charge on any atom is 0.271 e. The summed E-state index contributed by atoms with van der Waals surface area (Å²) in [5.41, 5.74) is 1.99. The molecule has 14 heavy (non-hydrogen) atoms. The average Bonchev–Trinajstić information content (AvgIpc) is 2.13. The molecule has 8 heteroatoms. The van der Waals surface area contributed by atoms with Gasteiger partial charge < -0.3 is 25.5 Å². The molecule has 0 rings (SSSR count). The summed E-state index contributed by atoms with van der Waals surface area (Å²) < 4.78 is 0. The molecule has 0 amide bonds. The Hall–Kier alpha value is -0.280. The van der Waals surface area contributed by atoms with Gasteiger partial charge in [0.15, 0.2) is 0 Å². The first-order chi connectivity index (χ1) is 6.25. The molecule has 4 atom stereocenters. The Morgan fingerprint density at radius 1 is 1.43 bits per heavy atom. The van der Waals surface area contributed by atoms with E-state index in [1.54, 1.807) is 0 Å². The molecule has 0 aliphatic carbocycles. The zero-order chi connectivity index (χ0) is 11.5. The number of aliphatic hydroxyl groups is 5. The first-order valence-corrected chi connectivity index (χ1v) is 3.99. The highest BCUT2D eigenvalue weighted by Crippen LogP contribution is 2.13. The van der Waals surface area contributed by atoms with E-state index >= 15 is 0 Å². The van der Waals surface area contributed by atoms with Crippen LogP contribution in [0.15, 0.2) is 0 Å². The second kappa shape index (κ2) is 4.99. The summed E-state index contributed by atoms with van der Waals surface area (Å²) in [6.07, 6.45) is -5.93. The molecule has 0 aromatic heterocycles. The molecule has 0 fully saturated rings. The summed E-state index contributed by atoms with van der Waals surface area (Å²) in [6, 6.07) is 0. The summed E-state index contributed by atoms with van der Waals surface area (Å²) >= 11 is 4.83. The Kier molecular flexibility index (Phi) is 4.89. The molecule has 84 valence electrons. The normalized spacial score (nSPS) is 22.2. The van der Waals surface area contributed by atoms with Crippen LogP contribution >= 0.6 is 11.6 Å². The van der Waals surface area contributed by atoms with Crippen molar-refractivity contribution >= 4 is 16.8 Å². The van der Waals surface area contributed by atoms with E-state index in [1.807, 2.05) is 0 Å². The SMILES string of the molecule is NC(O)(C(=O)Cl)C(O)C(O)C(O)CO. The van der Waals surface area contributed by atoms with Crippen LogP contribution < -0.4 is 5.73 Å². The highest BCUT2D eigenvalue weighted by Gasteiger charge is 2.44. The lowest BCUT2D eigenvalue weighted by Gasteiger charge is -2.30. The van der Waals surface area contributed by atoms with Crippen molar-refractivity contribution in [1.82, 2.24) is 0 Å². The van der Waals surface area contributed by atoms with Crippen molar-refractivity contribution in [3.05, 3.63) is 0 Å². The van der Waals surface area contributed by atoms with E-state index in [4.69, 9.17) is 42.9 Å². The van der Waals surface area contributed by atoms with Gasteiger partial charge in [-0.25, -0.2) is 0 Å². The molecule has 0 aliphatic rings. The highest BCUT2D eigenvalue weighted by molar-refractivity contribution is 6.65. The van der Waals surface area contributed by atoms with E-state index < -0.39 is 35.9 Å². The lowest BCUT2D eigenvalue weighted by molar-refractivity contribution is -0.166. The number of rotatable bonds is 5. The third-order valence-corrected chi connectivity index (χ3v) is 1.97. The number of aliphatic hydroxyl groups excluding tert-OH is 4. The van der Waals surface area contributed by atoms with Crippen LogP contribution in [0, 0.1) is 0 Å². The van der Waals surface area contributed by atoms with Crippen molar-refractivity contribution in [2.24, 2.45) is 5.73 Å². The van der Waals surface area contributed by atoms with Crippen molar-refractivity contribution in [2.75, 3.05) is 6.61 Å². The number of nitrogens with two attached hydrogens (primary N) is 1. The Morgan fingerprint density at radius 3 is 2.14 bits per heavy atom. The van der Waals surface area contributed by atoms with E-state index in [9.17, 15) is 4.79 Å². The van der Waals surface area contributed by atoms with Crippen molar-refractivity contribution in [2.45, 2.75) is 24.0 Å². The maximum absolute atomic E-state index is 10.5. The summed E-state index contributed by atoms with van der Waals surface area (Å²) in [7, 11) is 0. The second-order valence-corrected chi connectivity index (χ2v) is 3.13. The Balaban J connectivity index is 4.60. The fraction of sp³-hybridized carbons (Fsp3) is 0.833. The van der Waals surface area contributed by atoms with E-state index in [1.165, 1.54) is 0 Å². The second-order valence-electron chi connectivity index (χ2n) is 2.78. The summed E-state index contributed by atoms with van der Waals surface area (Å²) in [5.74, 6) is 0. The van der Waals surface area contributed by atoms with Crippen LogP contribution in [0.5, 0.6) is 0 Å². The standard InChI is InChI=1S/C6H12ClNO6/c7-5(13)6(8,14)4(12)3(11)2(10)1-9/h2-4,9-12,14H,1,8H2. The lowest BCUT2D eigenvalue weighted by atomic mass is 9.99. The third-order valence-electron chi connectivity index (χ3n) is 1.67. The molecule has 7 N–H and O–H groups in total. The molecule has 0 bridgehead atoms. The van der Waals surface area contributed by atoms with Crippen LogP contribution in [0.3, 0.4) is 0 Å². The maximum atomic E-state index is 10.5. The largest absolute Gasteiger partial charge is 0.394 e. The van der Waals surface area contributed by atoms with Gasteiger partial charge in [0.05, 0.1) is 6.61 Å². The van der Waals surface area contributed by atoms with Crippen LogP contribution in [0.1, 0.15) is 0 Å². The zero-order valence-electron chi connectivity index (χ0n) is 7.04. The molecule has 0 spiro atoms.